The summed E-state index contributed by atoms with van der Waals surface area (Å²) in [4.78, 5) is 18.2. The molecule has 1 aromatic carbocycles. The summed E-state index contributed by atoms with van der Waals surface area (Å²) in [6.45, 7) is 2.72. The molecule has 126 valence electrons. The van der Waals surface area contributed by atoms with E-state index in [-0.39, 0.29) is 18.7 Å². The van der Waals surface area contributed by atoms with Crippen LogP contribution in [0.2, 0.25) is 0 Å². The first-order valence-electron chi connectivity index (χ1n) is 8.04. The fraction of sp³-hybridized carbons (Fsp3) is 0.333. The first kappa shape index (κ1) is 16.3. The second-order valence-corrected chi connectivity index (χ2v) is 5.59. The second-order valence-electron chi connectivity index (χ2n) is 5.59. The molecule has 1 N–H and O–H groups in total. The van der Waals surface area contributed by atoms with Crippen molar-refractivity contribution in [1.29, 1.82) is 0 Å². The highest BCUT2D eigenvalue weighted by molar-refractivity contribution is 5.68. The molecule has 6 heteroatoms. The van der Waals surface area contributed by atoms with Crippen molar-refractivity contribution in [2.75, 3.05) is 26.2 Å². The number of carbonyl (C=O) groups excluding carboxylic acids is 1. The number of hydrogen-bond acceptors (Lipinski definition) is 5. The molecular weight excluding hydrogens is 306 g/mol. The summed E-state index contributed by atoms with van der Waals surface area (Å²) in [5, 5.41) is 3.28. The molecule has 6 nitrogen and oxygen atoms in total. The van der Waals surface area contributed by atoms with Crippen molar-refractivity contribution in [2.45, 2.75) is 12.6 Å². The molecule has 1 unspecified atom stereocenters. The molecule has 0 aliphatic carbocycles. The molecule has 1 amide bonds. The minimum atomic E-state index is -0.305. The fourth-order valence-corrected chi connectivity index (χ4v) is 2.58. The van der Waals surface area contributed by atoms with Crippen LogP contribution in [0, 0.1) is 0 Å². The lowest BCUT2D eigenvalue weighted by atomic mass is 10.2. The van der Waals surface area contributed by atoms with Gasteiger partial charge in [-0.25, -0.2) is 4.79 Å². The quantitative estimate of drug-likeness (QED) is 0.911. The largest absolute Gasteiger partial charge is 0.490 e. The first-order chi connectivity index (χ1) is 11.8. The number of piperazine rings is 1. The van der Waals surface area contributed by atoms with Crippen molar-refractivity contribution in [1.82, 2.24) is 15.2 Å². The van der Waals surface area contributed by atoms with E-state index in [1.54, 1.807) is 17.3 Å². The van der Waals surface area contributed by atoms with Crippen molar-refractivity contribution in [3.05, 3.63) is 60.4 Å². The van der Waals surface area contributed by atoms with Gasteiger partial charge in [0.1, 0.15) is 19.0 Å². The van der Waals surface area contributed by atoms with Crippen LogP contribution in [0.3, 0.4) is 0 Å². The summed E-state index contributed by atoms with van der Waals surface area (Å²) in [7, 11) is 0. The molecule has 1 aromatic heterocycles. The number of nitrogens with one attached hydrogen (secondary N) is 1. The van der Waals surface area contributed by atoms with Gasteiger partial charge in [-0.1, -0.05) is 30.3 Å². The van der Waals surface area contributed by atoms with Crippen LogP contribution in [0.1, 0.15) is 5.56 Å². The maximum absolute atomic E-state index is 12.4. The summed E-state index contributed by atoms with van der Waals surface area (Å²) in [6, 6.07) is 13.3. The molecular formula is C18H21N3O3. The van der Waals surface area contributed by atoms with Crippen LogP contribution in [0.25, 0.3) is 0 Å². The Morgan fingerprint density at radius 2 is 2.12 bits per heavy atom. The van der Waals surface area contributed by atoms with Crippen molar-refractivity contribution in [3.63, 3.8) is 0 Å². The maximum atomic E-state index is 12.4. The fourth-order valence-electron chi connectivity index (χ4n) is 2.58. The number of hydrogen-bond donors (Lipinski definition) is 1. The van der Waals surface area contributed by atoms with E-state index in [2.05, 4.69) is 10.3 Å². The molecule has 1 saturated heterocycles. The highest BCUT2D eigenvalue weighted by atomic mass is 16.6. The zero-order chi connectivity index (χ0) is 16.6. The molecule has 1 aliphatic rings. The Hall–Kier alpha value is -2.60. The van der Waals surface area contributed by atoms with Crippen molar-refractivity contribution in [2.24, 2.45) is 0 Å². The molecule has 0 spiro atoms. The Bertz CT molecular complexity index is 636. The third-order valence-electron chi connectivity index (χ3n) is 3.87. The Labute approximate surface area is 141 Å². The SMILES string of the molecule is O=C(OCc1ccccc1)N1CCNCC1COc1cccnc1. The van der Waals surface area contributed by atoms with E-state index in [9.17, 15) is 4.79 Å². The molecule has 3 rings (SSSR count). The van der Waals surface area contributed by atoms with Crippen LogP contribution in [0.4, 0.5) is 4.79 Å². The molecule has 2 aromatic rings. The molecule has 1 atom stereocenters. The first-order valence-corrected chi connectivity index (χ1v) is 8.04. The van der Waals surface area contributed by atoms with Crippen LogP contribution < -0.4 is 10.1 Å². The number of pyridine rings is 1. The number of nitrogens with zero attached hydrogens (tertiary/aromatic N) is 2. The third-order valence-corrected chi connectivity index (χ3v) is 3.87. The Morgan fingerprint density at radius 1 is 1.25 bits per heavy atom. The minimum Gasteiger partial charge on any atom is -0.490 e. The number of rotatable bonds is 5. The van der Waals surface area contributed by atoms with Crippen molar-refractivity contribution < 1.29 is 14.3 Å². The molecule has 0 bridgehead atoms. The zero-order valence-electron chi connectivity index (χ0n) is 13.4. The summed E-state index contributed by atoms with van der Waals surface area (Å²) in [5.41, 5.74) is 0.976. The number of carbonyl (C=O) groups is 1. The van der Waals surface area contributed by atoms with Gasteiger partial charge in [0, 0.05) is 25.8 Å². The molecule has 1 aliphatic heterocycles. The van der Waals surface area contributed by atoms with Crippen LogP contribution in [0.15, 0.2) is 54.9 Å². The average molecular weight is 327 g/mol. The van der Waals surface area contributed by atoms with Gasteiger partial charge in [-0.15, -0.1) is 0 Å². The zero-order valence-corrected chi connectivity index (χ0v) is 13.4. The highest BCUT2D eigenvalue weighted by Crippen LogP contribution is 2.12. The van der Waals surface area contributed by atoms with E-state index in [1.165, 1.54) is 0 Å². The molecule has 0 radical (unpaired) electrons. The third kappa shape index (κ3) is 4.45. The Balaban J connectivity index is 1.54. The number of amides is 1. The van der Waals surface area contributed by atoms with Gasteiger partial charge in [0.25, 0.3) is 0 Å². The summed E-state index contributed by atoms with van der Waals surface area (Å²) in [6.07, 6.45) is 3.05. The van der Waals surface area contributed by atoms with E-state index in [0.717, 1.165) is 12.1 Å². The van der Waals surface area contributed by atoms with Gasteiger partial charge < -0.3 is 14.8 Å². The van der Waals surface area contributed by atoms with Gasteiger partial charge in [0.05, 0.1) is 12.2 Å². The van der Waals surface area contributed by atoms with Gasteiger partial charge in [0.15, 0.2) is 0 Å². The highest BCUT2D eigenvalue weighted by Gasteiger charge is 2.28. The van der Waals surface area contributed by atoms with Crippen LogP contribution in [-0.4, -0.2) is 48.3 Å². The second kappa shape index (κ2) is 8.31. The van der Waals surface area contributed by atoms with Gasteiger partial charge in [-0.2, -0.15) is 0 Å². The minimum absolute atomic E-state index is 0.0674. The molecule has 1 fully saturated rings. The summed E-state index contributed by atoms with van der Waals surface area (Å²) in [5.74, 6) is 0.695. The van der Waals surface area contributed by atoms with Crippen molar-refractivity contribution in [3.8, 4) is 5.75 Å². The topological polar surface area (TPSA) is 63.7 Å². The van der Waals surface area contributed by atoms with Crippen LogP contribution in [-0.2, 0) is 11.3 Å². The molecule has 2 heterocycles. The van der Waals surface area contributed by atoms with Crippen LogP contribution >= 0.6 is 0 Å². The smallest absolute Gasteiger partial charge is 0.410 e. The predicted molar refractivity (Wildman–Crippen MR) is 89.7 cm³/mol. The number of aromatic nitrogens is 1. The van der Waals surface area contributed by atoms with Gasteiger partial charge in [-0.3, -0.25) is 9.88 Å². The lowest BCUT2D eigenvalue weighted by molar-refractivity contribution is 0.0587. The number of ether oxygens (including phenoxy) is 2. The molecule has 0 saturated carbocycles. The van der Waals surface area contributed by atoms with Gasteiger partial charge in [-0.05, 0) is 17.7 Å². The summed E-state index contributed by atoms with van der Waals surface area (Å²) >= 11 is 0. The van der Waals surface area contributed by atoms with Crippen LogP contribution in [0.5, 0.6) is 5.75 Å². The Kier molecular flexibility index (Phi) is 5.63. The average Bonchev–Trinajstić information content (AvgIpc) is 2.66. The standard InChI is InChI=1S/C18H21N3O3/c22-18(24-13-15-5-2-1-3-6-15)21-10-9-20-11-16(21)14-23-17-7-4-8-19-12-17/h1-8,12,16,20H,9-11,13-14H2. The lowest BCUT2D eigenvalue weighted by Gasteiger charge is -2.35. The van der Waals surface area contributed by atoms with E-state index in [1.807, 2.05) is 42.5 Å². The normalized spacial score (nSPS) is 17.3. The Morgan fingerprint density at radius 3 is 2.92 bits per heavy atom. The van der Waals surface area contributed by atoms with E-state index >= 15 is 0 Å². The lowest BCUT2D eigenvalue weighted by Crippen LogP contribution is -2.56. The van der Waals surface area contributed by atoms with Crippen molar-refractivity contribution >= 4 is 6.09 Å². The van der Waals surface area contributed by atoms with E-state index in [4.69, 9.17) is 9.47 Å². The van der Waals surface area contributed by atoms with E-state index < -0.39 is 0 Å². The molecule has 24 heavy (non-hydrogen) atoms. The van der Waals surface area contributed by atoms with Gasteiger partial charge in [0.2, 0.25) is 0 Å². The number of benzene rings is 1. The monoisotopic (exact) mass is 327 g/mol. The predicted octanol–water partition coefficient (Wildman–Crippen LogP) is 2.07. The van der Waals surface area contributed by atoms with E-state index in [0.29, 0.717) is 25.4 Å². The summed E-state index contributed by atoms with van der Waals surface area (Å²) < 4.78 is 11.2. The van der Waals surface area contributed by atoms with Gasteiger partial charge >= 0.3 is 6.09 Å². The maximum Gasteiger partial charge on any atom is 0.410 e.